The number of nitrogens with one attached hydrogen (secondary N) is 2. The summed E-state index contributed by atoms with van der Waals surface area (Å²) in [5, 5.41) is 2.53. The van der Waals surface area contributed by atoms with Crippen LogP contribution in [-0.4, -0.2) is 52.9 Å². The van der Waals surface area contributed by atoms with Crippen molar-refractivity contribution in [3.63, 3.8) is 0 Å². The normalized spacial score (nSPS) is 25.6. The van der Waals surface area contributed by atoms with Crippen LogP contribution < -0.4 is 15.8 Å². The number of carbonyl (C=O) groups excluding carboxylic acids is 1. The molecule has 1 saturated heterocycles. The van der Waals surface area contributed by atoms with Crippen molar-refractivity contribution in [1.82, 2.24) is 10.0 Å². The van der Waals surface area contributed by atoms with Gasteiger partial charge in [-0.2, -0.15) is 0 Å². The topological polar surface area (TPSA) is 111 Å². The van der Waals surface area contributed by atoms with Crippen LogP contribution in [0.15, 0.2) is 0 Å². The molecule has 0 bridgehead atoms. The lowest BCUT2D eigenvalue weighted by atomic mass is 10.0. The predicted octanol–water partition coefficient (Wildman–Crippen LogP) is -2.37. The SMILES string of the molecule is CNS(=O)(=O)CCNC(=O)C1COCC1N. The molecule has 1 aliphatic rings. The first-order valence-corrected chi connectivity index (χ1v) is 6.64. The highest BCUT2D eigenvalue weighted by molar-refractivity contribution is 7.89. The number of carbonyl (C=O) groups is 1. The summed E-state index contributed by atoms with van der Waals surface area (Å²) in [6.45, 7) is 0.740. The van der Waals surface area contributed by atoms with Crippen molar-refractivity contribution in [2.75, 3.05) is 32.6 Å². The highest BCUT2D eigenvalue weighted by Crippen LogP contribution is 2.11. The van der Waals surface area contributed by atoms with Crippen molar-refractivity contribution in [3.05, 3.63) is 0 Å². The van der Waals surface area contributed by atoms with Crippen molar-refractivity contribution in [2.45, 2.75) is 6.04 Å². The molecule has 7 nitrogen and oxygen atoms in total. The lowest BCUT2D eigenvalue weighted by Crippen LogP contribution is -2.42. The zero-order valence-electron chi connectivity index (χ0n) is 9.10. The Balaban J connectivity index is 2.30. The number of rotatable bonds is 5. The summed E-state index contributed by atoms with van der Waals surface area (Å²) in [6, 6.07) is -0.305. The summed E-state index contributed by atoms with van der Waals surface area (Å²) in [4.78, 5) is 11.5. The molecular weight excluding hydrogens is 234 g/mol. The Morgan fingerprint density at radius 3 is 2.69 bits per heavy atom. The number of amides is 1. The van der Waals surface area contributed by atoms with Gasteiger partial charge in [0.15, 0.2) is 0 Å². The molecule has 1 aliphatic heterocycles. The number of hydrogen-bond donors (Lipinski definition) is 3. The number of hydrogen-bond acceptors (Lipinski definition) is 5. The molecule has 1 amide bonds. The van der Waals surface area contributed by atoms with Gasteiger partial charge in [-0.05, 0) is 7.05 Å². The highest BCUT2D eigenvalue weighted by Gasteiger charge is 2.31. The first-order valence-electron chi connectivity index (χ1n) is 4.98. The number of sulfonamides is 1. The molecule has 0 saturated carbocycles. The van der Waals surface area contributed by atoms with Gasteiger partial charge in [-0.1, -0.05) is 0 Å². The molecule has 0 aromatic carbocycles. The third kappa shape index (κ3) is 3.71. The van der Waals surface area contributed by atoms with Gasteiger partial charge in [0.25, 0.3) is 0 Å². The molecule has 8 heteroatoms. The Hall–Kier alpha value is -0.700. The van der Waals surface area contributed by atoms with Gasteiger partial charge in [-0.25, -0.2) is 13.1 Å². The summed E-state index contributed by atoms with van der Waals surface area (Å²) < 4.78 is 29.3. The third-order valence-electron chi connectivity index (χ3n) is 2.44. The summed E-state index contributed by atoms with van der Waals surface area (Å²) in [7, 11) is -1.95. The minimum absolute atomic E-state index is 0.0746. The van der Waals surface area contributed by atoms with Crippen LogP contribution in [-0.2, 0) is 19.6 Å². The molecule has 94 valence electrons. The smallest absolute Gasteiger partial charge is 0.227 e. The fourth-order valence-electron chi connectivity index (χ4n) is 1.38. The number of nitrogens with two attached hydrogens (primary N) is 1. The van der Waals surface area contributed by atoms with Gasteiger partial charge in [-0.3, -0.25) is 4.79 Å². The van der Waals surface area contributed by atoms with Crippen molar-refractivity contribution < 1.29 is 17.9 Å². The van der Waals surface area contributed by atoms with Crippen LogP contribution in [0.3, 0.4) is 0 Å². The Labute approximate surface area is 94.8 Å². The molecule has 2 atom stereocenters. The van der Waals surface area contributed by atoms with E-state index in [1.54, 1.807) is 0 Å². The van der Waals surface area contributed by atoms with Gasteiger partial charge in [0.1, 0.15) is 0 Å². The van der Waals surface area contributed by atoms with Crippen LogP contribution in [0.1, 0.15) is 0 Å². The molecule has 1 rings (SSSR count). The van der Waals surface area contributed by atoms with Gasteiger partial charge in [0.05, 0.1) is 24.9 Å². The van der Waals surface area contributed by atoms with E-state index in [1.807, 2.05) is 0 Å². The van der Waals surface area contributed by atoms with E-state index in [0.29, 0.717) is 13.2 Å². The van der Waals surface area contributed by atoms with E-state index in [9.17, 15) is 13.2 Å². The average Bonchev–Trinajstić information content (AvgIpc) is 2.64. The second-order valence-electron chi connectivity index (χ2n) is 3.62. The van der Waals surface area contributed by atoms with Gasteiger partial charge in [0.2, 0.25) is 15.9 Å². The fraction of sp³-hybridized carbons (Fsp3) is 0.875. The molecule has 0 aromatic rings. The molecular formula is C8H17N3O4S. The Kier molecular flexibility index (Phi) is 4.66. The molecule has 0 spiro atoms. The minimum atomic E-state index is -3.28. The fourth-order valence-corrected chi connectivity index (χ4v) is 1.96. The zero-order chi connectivity index (χ0) is 12.2. The van der Waals surface area contributed by atoms with E-state index < -0.39 is 10.0 Å². The highest BCUT2D eigenvalue weighted by atomic mass is 32.2. The van der Waals surface area contributed by atoms with E-state index >= 15 is 0 Å². The first-order chi connectivity index (χ1) is 7.46. The largest absolute Gasteiger partial charge is 0.379 e. The molecule has 4 N–H and O–H groups in total. The van der Waals surface area contributed by atoms with Crippen LogP contribution in [0.5, 0.6) is 0 Å². The van der Waals surface area contributed by atoms with Crippen molar-refractivity contribution in [3.8, 4) is 0 Å². The van der Waals surface area contributed by atoms with Crippen molar-refractivity contribution in [2.24, 2.45) is 11.7 Å². The predicted molar refractivity (Wildman–Crippen MR) is 58.1 cm³/mol. The maximum Gasteiger partial charge on any atom is 0.227 e. The summed E-state index contributed by atoms with van der Waals surface area (Å²) in [5.41, 5.74) is 5.65. The second kappa shape index (κ2) is 5.58. The standard InChI is InChI=1S/C8H17N3O4S/c1-10-16(13,14)3-2-11-8(12)6-4-15-5-7(6)9/h6-7,10H,2-5,9H2,1H3,(H,11,12). The van der Waals surface area contributed by atoms with Gasteiger partial charge in [-0.15, -0.1) is 0 Å². The average molecular weight is 251 g/mol. The summed E-state index contributed by atoms with van der Waals surface area (Å²) in [6.07, 6.45) is 0. The van der Waals surface area contributed by atoms with E-state index in [4.69, 9.17) is 10.5 Å². The van der Waals surface area contributed by atoms with Crippen LogP contribution in [0.2, 0.25) is 0 Å². The van der Waals surface area contributed by atoms with Gasteiger partial charge < -0.3 is 15.8 Å². The quantitative estimate of drug-likeness (QED) is 0.505. The molecule has 1 heterocycles. The van der Waals surface area contributed by atoms with Crippen LogP contribution in [0.4, 0.5) is 0 Å². The Morgan fingerprint density at radius 2 is 2.19 bits per heavy atom. The molecule has 1 fully saturated rings. The third-order valence-corrected chi connectivity index (χ3v) is 3.81. The minimum Gasteiger partial charge on any atom is -0.379 e. The zero-order valence-corrected chi connectivity index (χ0v) is 9.92. The van der Waals surface area contributed by atoms with Crippen molar-refractivity contribution >= 4 is 15.9 Å². The van der Waals surface area contributed by atoms with Crippen molar-refractivity contribution in [1.29, 1.82) is 0 Å². The first kappa shape index (κ1) is 13.4. The van der Waals surface area contributed by atoms with Gasteiger partial charge >= 0.3 is 0 Å². The van der Waals surface area contributed by atoms with E-state index in [2.05, 4.69) is 10.0 Å². The van der Waals surface area contributed by atoms with E-state index in [1.165, 1.54) is 7.05 Å². The van der Waals surface area contributed by atoms with Crippen LogP contribution in [0.25, 0.3) is 0 Å². The molecule has 2 unspecified atom stereocenters. The lowest BCUT2D eigenvalue weighted by Gasteiger charge is -2.13. The Bertz CT molecular complexity index is 343. The van der Waals surface area contributed by atoms with Crippen LogP contribution >= 0.6 is 0 Å². The van der Waals surface area contributed by atoms with E-state index in [-0.39, 0.29) is 30.2 Å². The van der Waals surface area contributed by atoms with Crippen LogP contribution in [0, 0.1) is 5.92 Å². The monoisotopic (exact) mass is 251 g/mol. The van der Waals surface area contributed by atoms with E-state index in [0.717, 1.165) is 0 Å². The summed E-state index contributed by atoms with van der Waals surface area (Å²) in [5.74, 6) is -0.772. The maximum atomic E-state index is 11.5. The molecule has 16 heavy (non-hydrogen) atoms. The molecule has 0 aromatic heterocycles. The second-order valence-corrected chi connectivity index (χ2v) is 5.67. The molecule has 0 radical (unpaired) electrons. The summed E-state index contributed by atoms with van der Waals surface area (Å²) >= 11 is 0. The Morgan fingerprint density at radius 1 is 1.50 bits per heavy atom. The number of ether oxygens (including phenoxy) is 1. The lowest BCUT2D eigenvalue weighted by molar-refractivity contribution is -0.125. The molecule has 0 aliphatic carbocycles. The van der Waals surface area contributed by atoms with Gasteiger partial charge in [0, 0.05) is 12.6 Å². The maximum absolute atomic E-state index is 11.5.